The van der Waals surface area contributed by atoms with Crippen LogP contribution in [0.2, 0.25) is 5.15 Å². The van der Waals surface area contributed by atoms with Gasteiger partial charge in [0.2, 0.25) is 5.95 Å². The number of nitrogens with two attached hydrogens (primary N) is 1. The molecule has 0 aromatic carbocycles. The lowest BCUT2D eigenvalue weighted by atomic mass is 10.0. The van der Waals surface area contributed by atoms with E-state index in [2.05, 4.69) is 28.1 Å². The molecule has 1 aliphatic rings. The van der Waals surface area contributed by atoms with Gasteiger partial charge in [-0.2, -0.15) is 18.6 Å². The third-order valence-corrected chi connectivity index (χ3v) is 8.66. The van der Waals surface area contributed by atoms with E-state index in [-0.39, 0.29) is 22.3 Å². The van der Waals surface area contributed by atoms with Gasteiger partial charge in [-0.25, -0.2) is 18.7 Å². The lowest BCUT2D eigenvalue weighted by Crippen LogP contribution is -2.39. The second-order valence-corrected chi connectivity index (χ2v) is 12.3. The van der Waals surface area contributed by atoms with Gasteiger partial charge in [0.25, 0.3) is 0 Å². The molecular weight excluding hydrogens is 558 g/mol. The molecule has 0 aliphatic carbocycles. The fourth-order valence-electron chi connectivity index (χ4n) is 2.89. The molecular formula is C11H16Cl2N5O12P3. The molecule has 0 amide bonds. The minimum atomic E-state index is -5.71. The predicted molar refractivity (Wildman–Crippen MR) is 109 cm³/mol. The van der Waals surface area contributed by atoms with Crippen LogP contribution in [0.1, 0.15) is 13.2 Å². The van der Waals surface area contributed by atoms with Gasteiger partial charge in [0.15, 0.2) is 17.0 Å². The molecule has 2 aromatic heterocycles. The molecule has 0 spiro atoms. The zero-order chi connectivity index (χ0) is 25.0. The van der Waals surface area contributed by atoms with Gasteiger partial charge in [-0.3, -0.25) is 9.09 Å². The molecule has 7 N–H and O–H groups in total. The zero-order valence-corrected chi connectivity index (χ0v) is 20.3. The van der Waals surface area contributed by atoms with Crippen molar-refractivity contribution in [2.45, 2.75) is 30.2 Å². The average molecular weight is 574 g/mol. The van der Waals surface area contributed by atoms with Crippen LogP contribution >= 0.6 is 46.7 Å². The normalized spacial score (nSPS) is 29.8. The van der Waals surface area contributed by atoms with Gasteiger partial charge in [-0.15, -0.1) is 11.6 Å². The number of alkyl halides is 1. The number of hydrogen-bond donors (Lipinski definition) is 6. The molecule has 33 heavy (non-hydrogen) atoms. The van der Waals surface area contributed by atoms with Gasteiger partial charge in [0.1, 0.15) is 22.6 Å². The van der Waals surface area contributed by atoms with Crippen LogP contribution in [0.25, 0.3) is 11.2 Å². The number of aliphatic hydroxyl groups is 1. The van der Waals surface area contributed by atoms with Crippen LogP contribution in [0.5, 0.6) is 0 Å². The minimum Gasteiger partial charge on any atom is -0.388 e. The lowest BCUT2D eigenvalue weighted by molar-refractivity contribution is -0.0432. The Hall–Kier alpha value is -0.740. The molecule has 3 rings (SSSR count). The Morgan fingerprint density at radius 2 is 1.85 bits per heavy atom. The van der Waals surface area contributed by atoms with Crippen LogP contribution < -0.4 is 5.73 Å². The van der Waals surface area contributed by atoms with Gasteiger partial charge >= 0.3 is 23.5 Å². The zero-order valence-electron chi connectivity index (χ0n) is 16.1. The molecule has 1 fully saturated rings. The summed E-state index contributed by atoms with van der Waals surface area (Å²) >= 11 is 12.4. The number of halogens is 2. The molecule has 1 aliphatic heterocycles. The highest BCUT2D eigenvalue weighted by Crippen LogP contribution is 2.66. The van der Waals surface area contributed by atoms with Gasteiger partial charge < -0.3 is 35.2 Å². The van der Waals surface area contributed by atoms with Gasteiger partial charge in [-0.05, 0) is 6.92 Å². The summed E-state index contributed by atoms with van der Waals surface area (Å²) < 4.78 is 52.6. The topological polar surface area (TPSA) is 259 Å². The van der Waals surface area contributed by atoms with Crippen LogP contribution in [0.4, 0.5) is 5.95 Å². The Labute approximate surface area is 193 Å². The van der Waals surface area contributed by atoms with Gasteiger partial charge in [-0.1, -0.05) is 11.6 Å². The summed E-state index contributed by atoms with van der Waals surface area (Å²) in [4.78, 5) is 46.0. The number of hydrogen-bond acceptors (Lipinski definition) is 12. The Kier molecular flexibility index (Phi) is 7.36. The summed E-state index contributed by atoms with van der Waals surface area (Å²) in [7, 11) is -16.7. The van der Waals surface area contributed by atoms with Crippen LogP contribution in [0, 0.1) is 0 Å². The number of anilines is 1. The molecule has 17 nitrogen and oxygen atoms in total. The first-order valence-corrected chi connectivity index (χ1v) is 13.7. The molecule has 1 saturated heterocycles. The summed E-state index contributed by atoms with van der Waals surface area (Å²) in [5, 5.41) is 10.5. The van der Waals surface area contributed by atoms with Crippen molar-refractivity contribution in [2.24, 2.45) is 0 Å². The molecule has 0 radical (unpaired) electrons. The van der Waals surface area contributed by atoms with Crippen molar-refractivity contribution in [3.8, 4) is 0 Å². The van der Waals surface area contributed by atoms with Crippen molar-refractivity contribution in [1.29, 1.82) is 0 Å². The maximum atomic E-state index is 11.9. The quantitative estimate of drug-likeness (QED) is 0.144. The summed E-state index contributed by atoms with van der Waals surface area (Å²) in [5.74, 6) is -0.187. The summed E-state index contributed by atoms with van der Waals surface area (Å²) in [6.45, 7) is 0.445. The second kappa shape index (κ2) is 9.04. The monoisotopic (exact) mass is 573 g/mol. The van der Waals surface area contributed by atoms with Gasteiger partial charge in [0, 0.05) is 0 Å². The van der Waals surface area contributed by atoms with Crippen LogP contribution in [-0.2, 0) is 31.6 Å². The number of rotatable bonds is 8. The SMILES string of the molecule is C[C@@]1(Cl)[C@H](O)[C@@H](COP(=O)(O)OP(=O)(O)OP(=O)(O)O)O[C@H]1n1cnc2c(Cl)nc(N)nc21. The number of nitrogens with zero attached hydrogens (tertiary/aromatic N) is 4. The van der Waals surface area contributed by atoms with E-state index in [9.17, 15) is 28.6 Å². The third-order valence-electron chi connectivity index (χ3n) is 4.18. The summed E-state index contributed by atoms with van der Waals surface area (Å²) in [6, 6.07) is 0. The van der Waals surface area contributed by atoms with Crippen molar-refractivity contribution in [3.05, 3.63) is 11.5 Å². The summed E-state index contributed by atoms with van der Waals surface area (Å²) in [6.07, 6.45) is -2.93. The highest BCUT2D eigenvalue weighted by molar-refractivity contribution is 7.66. The molecule has 0 saturated carbocycles. The molecule has 2 aromatic rings. The molecule has 6 atom stereocenters. The highest BCUT2D eigenvalue weighted by atomic mass is 35.5. The van der Waals surface area contributed by atoms with Crippen molar-refractivity contribution in [3.63, 3.8) is 0 Å². The standard InChI is InChI=1S/C11H16Cl2N5O12P3/c1-11(13)6(19)4(2-27-32(23,24)30-33(25,26)29-31(20,21)22)28-9(11)18-3-15-5-7(12)16-10(14)17-8(5)18/h3-4,6,9,19H,2H2,1H3,(H,23,24)(H,25,26)(H2,14,16,17)(H2,20,21,22)/t4-,6-,9-,11-/m1/s1. The van der Waals surface area contributed by atoms with Crippen LogP contribution in [-0.4, -0.2) is 67.9 Å². The van der Waals surface area contributed by atoms with E-state index in [0.29, 0.717) is 0 Å². The second-order valence-electron chi connectivity index (χ2n) is 6.71. The number of phosphoric acid groups is 3. The number of fused-ring (bicyclic) bond motifs is 1. The number of aliphatic hydroxyl groups excluding tert-OH is 1. The van der Waals surface area contributed by atoms with Gasteiger partial charge in [0.05, 0.1) is 12.9 Å². The molecule has 2 unspecified atom stereocenters. The van der Waals surface area contributed by atoms with E-state index in [0.717, 1.165) is 0 Å². The maximum absolute atomic E-state index is 11.9. The Balaban J connectivity index is 1.77. The largest absolute Gasteiger partial charge is 0.490 e. The van der Waals surface area contributed by atoms with Crippen molar-refractivity contribution in [1.82, 2.24) is 19.5 Å². The lowest BCUT2D eigenvalue weighted by Gasteiger charge is -2.26. The van der Waals surface area contributed by atoms with E-state index in [4.69, 9.17) is 43.5 Å². The number of phosphoric ester groups is 1. The van der Waals surface area contributed by atoms with Crippen LogP contribution in [0.15, 0.2) is 6.33 Å². The number of aromatic nitrogens is 4. The average Bonchev–Trinajstić information content (AvgIpc) is 3.10. The predicted octanol–water partition coefficient (Wildman–Crippen LogP) is 0.661. The molecule has 3 heterocycles. The first kappa shape index (κ1) is 26.9. The van der Waals surface area contributed by atoms with Crippen molar-refractivity contribution < 1.29 is 56.3 Å². The molecule has 22 heteroatoms. The Bertz CT molecular complexity index is 1210. The minimum absolute atomic E-state index is 0.0599. The molecule has 0 bridgehead atoms. The van der Waals surface area contributed by atoms with E-state index in [1.54, 1.807) is 0 Å². The van der Waals surface area contributed by atoms with E-state index < -0.39 is 53.4 Å². The van der Waals surface area contributed by atoms with Crippen molar-refractivity contribution in [2.75, 3.05) is 12.3 Å². The number of nitrogen functional groups attached to an aromatic ring is 1. The summed E-state index contributed by atoms with van der Waals surface area (Å²) in [5.41, 5.74) is 5.84. The first-order valence-electron chi connectivity index (χ1n) is 8.38. The Morgan fingerprint density at radius 3 is 2.45 bits per heavy atom. The third kappa shape index (κ3) is 6.10. The fourth-order valence-corrected chi connectivity index (χ4v) is 6.44. The smallest absolute Gasteiger partial charge is 0.388 e. The Morgan fingerprint density at radius 1 is 1.21 bits per heavy atom. The maximum Gasteiger partial charge on any atom is 0.490 e. The van der Waals surface area contributed by atoms with E-state index >= 15 is 0 Å². The van der Waals surface area contributed by atoms with Crippen molar-refractivity contribution >= 4 is 63.8 Å². The molecule has 186 valence electrons. The first-order chi connectivity index (χ1) is 14.9. The number of imidazole rings is 1. The van der Waals surface area contributed by atoms with E-state index in [1.807, 2.05) is 0 Å². The highest BCUT2D eigenvalue weighted by Gasteiger charge is 2.54. The van der Waals surface area contributed by atoms with E-state index in [1.165, 1.54) is 17.8 Å². The van der Waals surface area contributed by atoms with Crippen LogP contribution in [0.3, 0.4) is 0 Å². The number of ether oxygens (including phenoxy) is 1. The fraction of sp³-hybridized carbons (Fsp3) is 0.545.